The molecule has 1 saturated carbocycles. The van der Waals surface area contributed by atoms with Gasteiger partial charge in [0, 0.05) is 22.8 Å². The van der Waals surface area contributed by atoms with Gasteiger partial charge in [0.05, 0.1) is 5.39 Å². The lowest BCUT2D eigenvalue weighted by atomic mass is 10.2. The van der Waals surface area contributed by atoms with E-state index < -0.39 is 0 Å². The van der Waals surface area contributed by atoms with Crippen molar-refractivity contribution in [3.63, 3.8) is 0 Å². The van der Waals surface area contributed by atoms with Crippen molar-refractivity contribution in [2.24, 2.45) is 0 Å². The summed E-state index contributed by atoms with van der Waals surface area (Å²) in [7, 11) is 0. The zero-order valence-corrected chi connectivity index (χ0v) is 13.0. The quantitative estimate of drug-likeness (QED) is 0.621. The highest BCUT2D eigenvalue weighted by atomic mass is 79.9. The SMILES string of the molecule is CSc1ncc2c(Br)cc(=O)n(C3CCCC3)c2n1. The molecule has 0 aliphatic heterocycles. The van der Waals surface area contributed by atoms with Crippen LogP contribution in [0.15, 0.2) is 26.7 Å². The molecule has 2 aromatic heterocycles. The van der Waals surface area contributed by atoms with E-state index in [0.29, 0.717) is 5.16 Å². The number of hydrogen-bond donors (Lipinski definition) is 0. The summed E-state index contributed by atoms with van der Waals surface area (Å²) in [6.07, 6.45) is 8.25. The molecule has 19 heavy (non-hydrogen) atoms. The Labute approximate surface area is 123 Å². The van der Waals surface area contributed by atoms with Crippen molar-refractivity contribution in [1.29, 1.82) is 0 Å². The van der Waals surface area contributed by atoms with E-state index in [1.54, 1.807) is 12.3 Å². The Morgan fingerprint density at radius 2 is 2.16 bits per heavy atom. The van der Waals surface area contributed by atoms with E-state index in [1.165, 1.54) is 24.6 Å². The summed E-state index contributed by atoms with van der Waals surface area (Å²) < 4.78 is 2.63. The van der Waals surface area contributed by atoms with Gasteiger partial charge in [-0.15, -0.1) is 0 Å². The maximum absolute atomic E-state index is 12.3. The number of hydrogen-bond acceptors (Lipinski definition) is 4. The maximum Gasteiger partial charge on any atom is 0.253 e. The average molecular weight is 340 g/mol. The van der Waals surface area contributed by atoms with Crippen LogP contribution in [0, 0.1) is 0 Å². The average Bonchev–Trinajstić information content (AvgIpc) is 2.92. The fraction of sp³-hybridized carbons (Fsp3) is 0.462. The third kappa shape index (κ3) is 2.31. The molecule has 1 aliphatic rings. The first-order valence-electron chi connectivity index (χ1n) is 6.32. The van der Waals surface area contributed by atoms with Crippen LogP contribution in [0.1, 0.15) is 31.7 Å². The summed E-state index contributed by atoms with van der Waals surface area (Å²) in [6, 6.07) is 1.91. The van der Waals surface area contributed by atoms with Gasteiger partial charge in [-0.1, -0.05) is 24.6 Å². The van der Waals surface area contributed by atoms with Crippen LogP contribution in [0.5, 0.6) is 0 Å². The van der Waals surface area contributed by atoms with Gasteiger partial charge in [0.25, 0.3) is 5.56 Å². The summed E-state index contributed by atoms with van der Waals surface area (Å²) in [4.78, 5) is 21.1. The Bertz CT molecular complexity index is 679. The third-order valence-corrected chi connectivity index (χ3v) is 4.81. The lowest BCUT2D eigenvalue weighted by Gasteiger charge is -2.16. The van der Waals surface area contributed by atoms with Crippen LogP contribution in [0.2, 0.25) is 0 Å². The number of thioether (sulfide) groups is 1. The van der Waals surface area contributed by atoms with Crippen LogP contribution >= 0.6 is 27.7 Å². The van der Waals surface area contributed by atoms with Crippen LogP contribution in [0.4, 0.5) is 0 Å². The zero-order chi connectivity index (χ0) is 13.4. The Morgan fingerprint density at radius 1 is 1.42 bits per heavy atom. The number of halogens is 1. The van der Waals surface area contributed by atoms with Crippen molar-refractivity contribution >= 4 is 38.7 Å². The highest BCUT2D eigenvalue weighted by Crippen LogP contribution is 2.32. The molecule has 2 aromatic rings. The Kier molecular flexibility index (Phi) is 3.62. The normalized spacial score (nSPS) is 16.3. The van der Waals surface area contributed by atoms with Crippen LogP contribution in [0.25, 0.3) is 11.0 Å². The molecule has 100 valence electrons. The van der Waals surface area contributed by atoms with Gasteiger partial charge in [-0.05, 0) is 35.0 Å². The van der Waals surface area contributed by atoms with E-state index in [2.05, 4.69) is 25.9 Å². The molecule has 0 atom stereocenters. The van der Waals surface area contributed by atoms with Crippen LogP contribution < -0.4 is 5.56 Å². The summed E-state index contributed by atoms with van der Waals surface area (Å²) in [6.45, 7) is 0. The van der Waals surface area contributed by atoms with Crippen molar-refractivity contribution < 1.29 is 0 Å². The van der Waals surface area contributed by atoms with Gasteiger partial charge in [-0.3, -0.25) is 9.36 Å². The van der Waals surface area contributed by atoms with E-state index >= 15 is 0 Å². The predicted molar refractivity (Wildman–Crippen MR) is 80.8 cm³/mol. The first-order chi connectivity index (χ1) is 9.20. The molecule has 0 unspecified atom stereocenters. The monoisotopic (exact) mass is 339 g/mol. The molecule has 0 amide bonds. The van der Waals surface area contributed by atoms with Gasteiger partial charge in [0.15, 0.2) is 5.16 Å². The second-order valence-corrected chi connectivity index (χ2v) is 6.36. The van der Waals surface area contributed by atoms with Crippen LogP contribution in [-0.4, -0.2) is 20.8 Å². The molecule has 0 spiro atoms. The van der Waals surface area contributed by atoms with E-state index in [4.69, 9.17) is 0 Å². The number of rotatable bonds is 2. The fourth-order valence-corrected chi connectivity index (χ4v) is 3.49. The predicted octanol–water partition coefficient (Wildman–Crippen LogP) is 3.39. The third-order valence-electron chi connectivity index (χ3n) is 3.59. The molecule has 0 radical (unpaired) electrons. The second-order valence-electron chi connectivity index (χ2n) is 4.73. The zero-order valence-electron chi connectivity index (χ0n) is 10.6. The van der Waals surface area contributed by atoms with Gasteiger partial charge in [0.1, 0.15) is 5.65 Å². The smallest absolute Gasteiger partial charge is 0.253 e. The fourth-order valence-electron chi connectivity index (χ4n) is 2.68. The van der Waals surface area contributed by atoms with Crippen molar-refractivity contribution in [2.75, 3.05) is 6.26 Å². The van der Waals surface area contributed by atoms with Gasteiger partial charge in [-0.25, -0.2) is 9.97 Å². The number of nitrogens with zero attached hydrogens (tertiary/aromatic N) is 3. The molecule has 1 aliphatic carbocycles. The minimum atomic E-state index is 0.0250. The molecule has 0 bridgehead atoms. The lowest BCUT2D eigenvalue weighted by Crippen LogP contribution is -2.24. The van der Waals surface area contributed by atoms with Crippen LogP contribution in [0.3, 0.4) is 0 Å². The molecule has 2 heterocycles. The number of fused-ring (bicyclic) bond motifs is 1. The topological polar surface area (TPSA) is 47.8 Å². The Morgan fingerprint density at radius 3 is 2.84 bits per heavy atom. The summed E-state index contributed by atoms with van der Waals surface area (Å²) in [5, 5.41) is 1.61. The van der Waals surface area contributed by atoms with Crippen molar-refractivity contribution in [3.8, 4) is 0 Å². The molecule has 0 saturated heterocycles. The minimum Gasteiger partial charge on any atom is -0.289 e. The van der Waals surface area contributed by atoms with Crippen LogP contribution in [-0.2, 0) is 0 Å². The van der Waals surface area contributed by atoms with Crippen molar-refractivity contribution in [1.82, 2.24) is 14.5 Å². The molecule has 3 rings (SSSR count). The maximum atomic E-state index is 12.3. The highest BCUT2D eigenvalue weighted by molar-refractivity contribution is 9.10. The summed E-state index contributed by atoms with van der Waals surface area (Å²) >= 11 is 4.93. The highest BCUT2D eigenvalue weighted by Gasteiger charge is 2.21. The van der Waals surface area contributed by atoms with Gasteiger partial charge in [0.2, 0.25) is 0 Å². The summed E-state index contributed by atoms with van der Waals surface area (Å²) in [5.74, 6) is 0. The van der Waals surface area contributed by atoms with Crippen molar-refractivity contribution in [2.45, 2.75) is 36.9 Å². The molecular formula is C13H14BrN3OS. The van der Waals surface area contributed by atoms with Gasteiger partial charge < -0.3 is 0 Å². The van der Waals surface area contributed by atoms with Gasteiger partial charge >= 0.3 is 0 Å². The summed E-state index contributed by atoms with van der Waals surface area (Å²) in [5.41, 5.74) is 0.780. The van der Waals surface area contributed by atoms with Gasteiger partial charge in [-0.2, -0.15) is 0 Å². The first kappa shape index (κ1) is 13.1. The van der Waals surface area contributed by atoms with E-state index in [-0.39, 0.29) is 11.6 Å². The van der Waals surface area contributed by atoms with E-state index in [1.807, 2.05) is 10.8 Å². The standard InChI is InChI=1S/C13H14BrN3OS/c1-19-13-15-7-9-10(14)6-11(18)17(12(9)16-13)8-4-2-3-5-8/h6-8H,2-5H2,1H3. The molecule has 0 N–H and O–H groups in total. The Balaban J connectivity index is 2.31. The molecule has 4 nitrogen and oxygen atoms in total. The second kappa shape index (κ2) is 5.25. The minimum absolute atomic E-state index is 0.0250. The number of aromatic nitrogens is 3. The first-order valence-corrected chi connectivity index (χ1v) is 8.34. The molecule has 6 heteroatoms. The molecule has 0 aromatic carbocycles. The Hall–Kier alpha value is -0.880. The largest absolute Gasteiger partial charge is 0.289 e. The molecular weight excluding hydrogens is 326 g/mol. The molecule has 1 fully saturated rings. The number of pyridine rings is 1. The van der Waals surface area contributed by atoms with E-state index in [9.17, 15) is 4.79 Å². The lowest BCUT2D eigenvalue weighted by molar-refractivity contribution is 0.514. The van der Waals surface area contributed by atoms with Crippen molar-refractivity contribution in [3.05, 3.63) is 27.1 Å². The van der Waals surface area contributed by atoms with E-state index in [0.717, 1.165) is 28.3 Å².